The molecule has 1 atom stereocenters. The molecule has 2 aromatic heterocycles. The van der Waals surface area contributed by atoms with Gasteiger partial charge in [0, 0.05) is 24.7 Å². The number of alkyl halides is 1. The fourth-order valence-electron chi connectivity index (χ4n) is 2.79. The Labute approximate surface area is 142 Å². The van der Waals surface area contributed by atoms with Crippen molar-refractivity contribution in [2.75, 3.05) is 18.0 Å². The number of nitriles is 1. The Kier molecular flexibility index (Phi) is 3.61. The molecule has 0 spiro atoms. The summed E-state index contributed by atoms with van der Waals surface area (Å²) >= 11 is 0. The highest BCUT2D eigenvalue weighted by molar-refractivity contribution is 5.53. The molecule has 0 amide bonds. The maximum Gasteiger partial charge on any atom is 0.266 e. The van der Waals surface area contributed by atoms with Gasteiger partial charge in [0.05, 0.1) is 6.54 Å². The van der Waals surface area contributed by atoms with Crippen molar-refractivity contribution in [2.45, 2.75) is 12.1 Å². The van der Waals surface area contributed by atoms with E-state index in [1.807, 2.05) is 36.4 Å². The summed E-state index contributed by atoms with van der Waals surface area (Å²) in [6, 6.07) is 12.7. The van der Waals surface area contributed by atoms with Gasteiger partial charge in [-0.1, -0.05) is 35.5 Å². The van der Waals surface area contributed by atoms with Gasteiger partial charge >= 0.3 is 0 Å². The van der Waals surface area contributed by atoms with Crippen molar-refractivity contribution in [1.82, 2.24) is 20.1 Å². The van der Waals surface area contributed by atoms with Crippen molar-refractivity contribution in [3.8, 4) is 17.5 Å². The van der Waals surface area contributed by atoms with E-state index >= 15 is 4.39 Å². The summed E-state index contributed by atoms with van der Waals surface area (Å²) in [7, 11) is 0. The van der Waals surface area contributed by atoms with E-state index in [4.69, 9.17) is 9.78 Å². The molecule has 1 fully saturated rings. The Bertz CT molecular complexity index is 938. The molecule has 124 valence electrons. The number of hydrogen-bond acceptors (Lipinski definition) is 7. The van der Waals surface area contributed by atoms with E-state index in [9.17, 15) is 0 Å². The molecule has 25 heavy (non-hydrogen) atoms. The number of rotatable bonds is 3. The molecule has 1 aromatic carbocycles. The average Bonchev–Trinajstić information content (AvgIpc) is 3.31. The Morgan fingerprint density at radius 2 is 2.04 bits per heavy atom. The second kappa shape index (κ2) is 5.94. The number of benzene rings is 1. The quantitative estimate of drug-likeness (QED) is 0.725. The Hall–Kier alpha value is -3.34. The molecule has 3 heterocycles. The molecule has 8 heteroatoms. The second-order valence-corrected chi connectivity index (χ2v) is 5.78. The first kappa shape index (κ1) is 15.2. The zero-order valence-corrected chi connectivity index (χ0v) is 13.1. The summed E-state index contributed by atoms with van der Waals surface area (Å²) in [4.78, 5) is 14.1. The standard InChI is InChI=1S/C17H13FN6O/c18-17(15-22-14(23-25-15)12-4-2-1-3-5-12)7-9-24(11-17)16-20-8-6-13(10-19)21-16/h1-6,8H,7,9,11H2. The van der Waals surface area contributed by atoms with E-state index in [1.165, 1.54) is 12.3 Å². The molecule has 1 aliphatic heterocycles. The predicted octanol–water partition coefficient (Wildman–Crippen LogP) is 2.47. The maximum atomic E-state index is 15.3. The van der Waals surface area contributed by atoms with Crippen LogP contribution in [0, 0.1) is 11.3 Å². The minimum atomic E-state index is -1.77. The van der Waals surface area contributed by atoms with Gasteiger partial charge in [-0.2, -0.15) is 10.2 Å². The molecule has 0 N–H and O–H groups in total. The molecule has 7 nitrogen and oxygen atoms in total. The number of anilines is 1. The predicted molar refractivity (Wildman–Crippen MR) is 86.1 cm³/mol. The third-order valence-electron chi connectivity index (χ3n) is 4.10. The highest BCUT2D eigenvalue weighted by Gasteiger charge is 2.45. The van der Waals surface area contributed by atoms with Gasteiger partial charge in [0.2, 0.25) is 17.4 Å². The van der Waals surface area contributed by atoms with Crippen LogP contribution in [0.4, 0.5) is 10.3 Å². The topological polar surface area (TPSA) is 91.7 Å². The highest BCUT2D eigenvalue weighted by atomic mass is 19.1. The monoisotopic (exact) mass is 336 g/mol. The minimum Gasteiger partial charge on any atom is -0.337 e. The van der Waals surface area contributed by atoms with Crippen molar-refractivity contribution in [2.24, 2.45) is 0 Å². The summed E-state index contributed by atoms with van der Waals surface area (Å²) in [5, 5.41) is 12.8. The zero-order chi connectivity index (χ0) is 17.3. The highest BCUT2D eigenvalue weighted by Crippen LogP contribution is 2.37. The van der Waals surface area contributed by atoms with Crippen LogP contribution in [0.2, 0.25) is 0 Å². The molecular formula is C17H13FN6O. The van der Waals surface area contributed by atoms with Crippen LogP contribution >= 0.6 is 0 Å². The van der Waals surface area contributed by atoms with Crippen molar-refractivity contribution in [3.63, 3.8) is 0 Å². The first-order valence-corrected chi connectivity index (χ1v) is 7.74. The molecule has 0 aliphatic carbocycles. The van der Waals surface area contributed by atoms with Gasteiger partial charge in [0.25, 0.3) is 5.89 Å². The van der Waals surface area contributed by atoms with Crippen LogP contribution in [0.1, 0.15) is 18.0 Å². The normalized spacial score (nSPS) is 19.8. The van der Waals surface area contributed by atoms with Crippen LogP contribution in [0.3, 0.4) is 0 Å². The van der Waals surface area contributed by atoms with E-state index in [0.717, 1.165) is 5.56 Å². The lowest BCUT2D eigenvalue weighted by molar-refractivity contribution is 0.136. The lowest BCUT2D eigenvalue weighted by atomic mass is 10.1. The van der Waals surface area contributed by atoms with Crippen LogP contribution in [0.25, 0.3) is 11.4 Å². The van der Waals surface area contributed by atoms with E-state index in [2.05, 4.69) is 20.1 Å². The van der Waals surface area contributed by atoms with E-state index in [1.54, 1.807) is 4.90 Å². The summed E-state index contributed by atoms with van der Waals surface area (Å²) in [5.41, 5.74) is -0.766. The zero-order valence-electron chi connectivity index (χ0n) is 13.1. The fourth-order valence-corrected chi connectivity index (χ4v) is 2.79. The Balaban J connectivity index is 1.57. The summed E-state index contributed by atoms with van der Waals surface area (Å²) < 4.78 is 20.5. The molecule has 0 radical (unpaired) electrons. The molecule has 4 rings (SSSR count). The Morgan fingerprint density at radius 3 is 2.84 bits per heavy atom. The van der Waals surface area contributed by atoms with Crippen LogP contribution in [-0.2, 0) is 5.67 Å². The van der Waals surface area contributed by atoms with Crippen LogP contribution in [0.5, 0.6) is 0 Å². The summed E-state index contributed by atoms with van der Waals surface area (Å²) in [6.07, 6.45) is 1.67. The van der Waals surface area contributed by atoms with Crippen molar-refractivity contribution in [3.05, 3.63) is 54.2 Å². The molecule has 1 unspecified atom stereocenters. The number of hydrogen-bond donors (Lipinski definition) is 0. The Morgan fingerprint density at radius 1 is 1.20 bits per heavy atom. The molecule has 0 saturated carbocycles. The van der Waals surface area contributed by atoms with Gasteiger partial charge < -0.3 is 9.42 Å². The maximum absolute atomic E-state index is 15.3. The molecule has 0 bridgehead atoms. The lowest BCUT2D eigenvalue weighted by Gasteiger charge is -2.17. The van der Waals surface area contributed by atoms with Gasteiger partial charge in [-0.3, -0.25) is 0 Å². The number of aromatic nitrogens is 4. The first-order chi connectivity index (χ1) is 12.2. The summed E-state index contributed by atoms with van der Waals surface area (Å²) in [5.74, 6) is 0.625. The third-order valence-corrected chi connectivity index (χ3v) is 4.10. The first-order valence-electron chi connectivity index (χ1n) is 7.74. The molecule has 1 aliphatic rings. The van der Waals surface area contributed by atoms with Gasteiger partial charge in [0.15, 0.2) is 0 Å². The van der Waals surface area contributed by atoms with Gasteiger partial charge in [-0.05, 0) is 6.07 Å². The largest absolute Gasteiger partial charge is 0.337 e. The number of halogens is 1. The fraction of sp³-hybridized carbons (Fsp3) is 0.235. The van der Waals surface area contributed by atoms with Crippen molar-refractivity contribution in [1.29, 1.82) is 5.26 Å². The SMILES string of the molecule is N#Cc1ccnc(N2CCC(F)(c3nc(-c4ccccc4)no3)C2)n1. The molecule has 3 aromatic rings. The average molecular weight is 336 g/mol. The van der Waals surface area contributed by atoms with Crippen molar-refractivity contribution >= 4 is 5.95 Å². The van der Waals surface area contributed by atoms with Gasteiger partial charge in [0.1, 0.15) is 11.8 Å². The van der Waals surface area contributed by atoms with Gasteiger partial charge in [-0.25, -0.2) is 14.4 Å². The lowest BCUT2D eigenvalue weighted by Crippen LogP contribution is -2.28. The second-order valence-electron chi connectivity index (χ2n) is 5.78. The van der Waals surface area contributed by atoms with Gasteiger partial charge in [-0.15, -0.1) is 0 Å². The van der Waals surface area contributed by atoms with E-state index < -0.39 is 5.67 Å². The molecule has 1 saturated heterocycles. The van der Waals surface area contributed by atoms with Crippen LogP contribution in [0.15, 0.2) is 47.1 Å². The molecular weight excluding hydrogens is 323 g/mol. The van der Waals surface area contributed by atoms with Crippen molar-refractivity contribution < 1.29 is 8.91 Å². The number of nitrogens with zero attached hydrogens (tertiary/aromatic N) is 6. The van der Waals surface area contributed by atoms with E-state index in [-0.39, 0.29) is 24.6 Å². The van der Waals surface area contributed by atoms with Crippen LogP contribution < -0.4 is 4.90 Å². The smallest absolute Gasteiger partial charge is 0.266 e. The summed E-state index contributed by atoms with van der Waals surface area (Å²) in [6.45, 7) is 0.396. The van der Waals surface area contributed by atoms with Crippen LogP contribution in [-0.4, -0.2) is 33.2 Å². The minimum absolute atomic E-state index is 0.00168. The van der Waals surface area contributed by atoms with E-state index in [0.29, 0.717) is 18.3 Å². The third kappa shape index (κ3) is 2.80.